The standard InChI is InChI=1S/C12H18ClN/c1-4-8(2)12(14)10-6-5-7-11(13)9(10)3/h5-8,12H,4,14H2,1-3H3. The van der Waals surface area contributed by atoms with E-state index < -0.39 is 0 Å². The molecule has 2 N–H and O–H groups in total. The van der Waals surface area contributed by atoms with E-state index in [4.69, 9.17) is 17.3 Å². The van der Waals surface area contributed by atoms with E-state index in [0.29, 0.717) is 5.92 Å². The SMILES string of the molecule is CCC(C)C(N)c1cccc(Cl)c1C. The molecule has 0 aromatic heterocycles. The maximum Gasteiger partial charge on any atom is 0.0438 e. The Morgan fingerprint density at radius 2 is 2.07 bits per heavy atom. The van der Waals surface area contributed by atoms with Gasteiger partial charge in [0.05, 0.1) is 0 Å². The lowest BCUT2D eigenvalue weighted by atomic mass is 9.91. The lowest BCUT2D eigenvalue weighted by molar-refractivity contribution is 0.455. The van der Waals surface area contributed by atoms with Gasteiger partial charge in [-0.15, -0.1) is 0 Å². The molecule has 78 valence electrons. The Kier molecular flexibility index (Phi) is 3.97. The van der Waals surface area contributed by atoms with Gasteiger partial charge in [-0.25, -0.2) is 0 Å². The van der Waals surface area contributed by atoms with E-state index >= 15 is 0 Å². The van der Waals surface area contributed by atoms with E-state index in [1.807, 2.05) is 19.1 Å². The van der Waals surface area contributed by atoms with Crippen molar-refractivity contribution in [2.45, 2.75) is 33.2 Å². The van der Waals surface area contributed by atoms with Crippen molar-refractivity contribution in [3.63, 3.8) is 0 Å². The maximum atomic E-state index is 6.16. The third-order valence-electron chi connectivity index (χ3n) is 2.93. The van der Waals surface area contributed by atoms with Crippen molar-refractivity contribution in [3.8, 4) is 0 Å². The van der Waals surface area contributed by atoms with Crippen molar-refractivity contribution in [2.75, 3.05) is 0 Å². The first-order chi connectivity index (χ1) is 6.57. The first-order valence-electron chi connectivity index (χ1n) is 5.08. The minimum atomic E-state index is 0.0960. The molecule has 2 heteroatoms. The number of halogens is 1. The number of rotatable bonds is 3. The largest absolute Gasteiger partial charge is 0.324 e. The third-order valence-corrected chi connectivity index (χ3v) is 3.34. The highest BCUT2D eigenvalue weighted by atomic mass is 35.5. The van der Waals surface area contributed by atoms with Gasteiger partial charge in [0.2, 0.25) is 0 Å². The first kappa shape index (κ1) is 11.5. The summed E-state index contributed by atoms with van der Waals surface area (Å²) in [6.07, 6.45) is 1.09. The molecular weight excluding hydrogens is 194 g/mol. The minimum Gasteiger partial charge on any atom is -0.324 e. The highest BCUT2D eigenvalue weighted by Crippen LogP contribution is 2.28. The summed E-state index contributed by atoms with van der Waals surface area (Å²) < 4.78 is 0. The van der Waals surface area contributed by atoms with Crippen LogP contribution in [0.15, 0.2) is 18.2 Å². The average molecular weight is 212 g/mol. The van der Waals surface area contributed by atoms with Gasteiger partial charge in [-0.2, -0.15) is 0 Å². The summed E-state index contributed by atoms with van der Waals surface area (Å²) in [5, 5.41) is 0.807. The van der Waals surface area contributed by atoms with Crippen LogP contribution in [0, 0.1) is 12.8 Å². The normalized spacial score (nSPS) is 15.2. The summed E-state index contributed by atoms with van der Waals surface area (Å²) in [5.74, 6) is 0.493. The fraction of sp³-hybridized carbons (Fsp3) is 0.500. The van der Waals surface area contributed by atoms with Gasteiger partial charge in [0.15, 0.2) is 0 Å². The Balaban J connectivity index is 3.01. The number of hydrogen-bond acceptors (Lipinski definition) is 1. The van der Waals surface area contributed by atoms with E-state index in [-0.39, 0.29) is 6.04 Å². The zero-order valence-electron chi connectivity index (χ0n) is 9.05. The number of hydrogen-bond donors (Lipinski definition) is 1. The van der Waals surface area contributed by atoms with Gasteiger partial charge in [-0.1, -0.05) is 44.0 Å². The molecule has 0 radical (unpaired) electrons. The summed E-state index contributed by atoms with van der Waals surface area (Å²) >= 11 is 6.05. The number of benzene rings is 1. The lowest BCUT2D eigenvalue weighted by Gasteiger charge is -2.21. The molecule has 2 unspecified atom stereocenters. The second-order valence-corrected chi connectivity index (χ2v) is 4.27. The van der Waals surface area contributed by atoms with Gasteiger partial charge >= 0.3 is 0 Å². The maximum absolute atomic E-state index is 6.16. The van der Waals surface area contributed by atoms with Crippen LogP contribution in [0.1, 0.15) is 37.4 Å². The van der Waals surface area contributed by atoms with Gasteiger partial charge in [-0.05, 0) is 30.0 Å². The summed E-state index contributed by atoms with van der Waals surface area (Å²) in [7, 11) is 0. The average Bonchev–Trinajstić information content (AvgIpc) is 2.20. The van der Waals surface area contributed by atoms with Crippen LogP contribution >= 0.6 is 11.6 Å². The van der Waals surface area contributed by atoms with Crippen molar-refractivity contribution < 1.29 is 0 Å². The summed E-state index contributed by atoms with van der Waals surface area (Å²) in [6.45, 7) is 6.36. The Bertz CT molecular complexity index is 309. The van der Waals surface area contributed by atoms with Crippen LogP contribution in [-0.2, 0) is 0 Å². The lowest BCUT2D eigenvalue weighted by Crippen LogP contribution is -2.19. The molecule has 0 aliphatic carbocycles. The van der Waals surface area contributed by atoms with Crippen LogP contribution in [0.5, 0.6) is 0 Å². The van der Waals surface area contributed by atoms with Crippen molar-refractivity contribution in [3.05, 3.63) is 34.3 Å². The molecule has 14 heavy (non-hydrogen) atoms. The van der Waals surface area contributed by atoms with Gasteiger partial charge in [0.25, 0.3) is 0 Å². The van der Waals surface area contributed by atoms with Crippen LogP contribution < -0.4 is 5.73 Å². The van der Waals surface area contributed by atoms with E-state index in [1.54, 1.807) is 0 Å². The summed E-state index contributed by atoms with van der Waals surface area (Å²) in [4.78, 5) is 0. The third kappa shape index (κ3) is 2.28. The van der Waals surface area contributed by atoms with E-state index in [1.165, 1.54) is 5.56 Å². The van der Waals surface area contributed by atoms with Gasteiger partial charge in [0, 0.05) is 11.1 Å². The van der Waals surface area contributed by atoms with E-state index in [2.05, 4.69) is 19.9 Å². The molecule has 2 atom stereocenters. The van der Waals surface area contributed by atoms with Crippen molar-refractivity contribution in [2.24, 2.45) is 11.7 Å². The highest BCUT2D eigenvalue weighted by molar-refractivity contribution is 6.31. The Morgan fingerprint density at radius 1 is 1.43 bits per heavy atom. The molecule has 0 aliphatic heterocycles. The fourth-order valence-electron chi connectivity index (χ4n) is 1.55. The molecule has 0 saturated carbocycles. The highest BCUT2D eigenvalue weighted by Gasteiger charge is 2.15. The second-order valence-electron chi connectivity index (χ2n) is 3.87. The summed E-state index contributed by atoms with van der Waals surface area (Å²) in [5.41, 5.74) is 8.45. The molecule has 0 saturated heterocycles. The van der Waals surface area contributed by atoms with Crippen molar-refractivity contribution in [1.82, 2.24) is 0 Å². The molecule has 0 amide bonds. The van der Waals surface area contributed by atoms with Gasteiger partial charge in [-0.3, -0.25) is 0 Å². The predicted molar refractivity (Wildman–Crippen MR) is 62.6 cm³/mol. The molecule has 0 aliphatic rings. The fourth-order valence-corrected chi connectivity index (χ4v) is 1.73. The van der Waals surface area contributed by atoms with Crippen LogP contribution in [0.25, 0.3) is 0 Å². The molecule has 0 heterocycles. The smallest absolute Gasteiger partial charge is 0.0438 e. The van der Waals surface area contributed by atoms with Crippen LogP contribution in [0.2, 0.25) is 5.02 Å². The zero-order valence-corrected chi connectivity index (χ0v) is 9.81. The molecule has 1 aromatic carbocycles. The van der Waals surface area contributed by atoms with Crippen LogP contribution in [0.4, 0.5) is 0 Å². The topological polar surface area (TPSA) is 26.0 Å². The second kappa shape index (κ2) is 4.81. The molecule has 1 rings (SSSR count). The quantitative estimate of drug-likeness (QED) is 0.811. The zero-order chi connectivity index (χ0) is 10.7. The number of nitrogens with two attached hydrogens (primary N) is 1. The van der Waals surface area contributed by atoms with Gasteiger partial charge < -0.3 is 5.73 Å². The van der Waals surface area contributed by atoms with E-state index in [0.717, 1.165) is 17.0 Å². The summed E-state index contributed by atoms with van der Waals surface area (Å²) in [6, 6.07) is 6.04. The molecule has 1 aromatic rings. The van der Waals surface area contributed by atoms with Crippen LogP contribution in [-0.4, -0.2) is 0 Å². The monoisotopic (exact) mass is 211 g/mol. The van der Waals surface area contributed by atoms with Crippen molar-refractivity contribution in [1.29, 1.82) is 0 Å². The Labute approximate surface area is 91.3 Å². The molecule has 0 spiro atoms. The van der Waals surface area contributed by atoms with E-state index in [9.17, 15) is 0 Å². The van der Waals surface area contributed by atoms with Crippen molar-refractivity contribution >= 4 is 11.6 Å². The Morgan fingerprint density at radius 3 is 2.64 bits per heavy atom. The van der Waals surface area contributed by atoms with Gasteiger partial charge in [0.1, 0.15) is 0 Å². The molecule has 1 nitrogen and oxygen atoms in total. The molecule has 0 bridgehead atoms. The molecular formula is C12H18ClN. The minimum absolute atomic E-state index is 0.0960. The Hall–Kier alpha value is -0.530. The first-order valence-corrected chi connectivity index (χ1v) is 5.46. The van der Waals surface area contributed by atoms with Crippen LogP contribution in [0.3, 0.4) is 0 Å². The predicted octanol–water partition coefficient (Wildman–Crippen LogP) is 3.69. The molecule has 0 fully saturated rings.